The standard InChI is InChI=1S/C22H19ClN2O2/c23-20-14-18(24)9-12-21(20)25-22(26)13-8-16-6-10-19(11-7-16)27-15-17-4-2-1-3-5-17/h1-14H,15,24H2,(H,25,26)/b13-8+. The molecule has 27 heavy (non-hydrogen) atoms. The summed E-state index contributed by atoms with van der Waals surface area (Å²) < 4.78 is 5.75. The van der Waals surface area contributed by atoms with Gasteiger partial charge in [0, 0.05) is 11.8 Å². The van der Waals surface area contributed by atoms with Gasteiger partial charge in [0.15, 0.2) is 0 Å². The number of nitrogens with two attached hydrogens (primary N) is 1. The lowest BCUT2D eigenvalue weighted by Crippen LogP contribution is -2.08. The number of halogens is 1. The molecule has 0 unspecified atom stereocenters. The van der Waals surface area contributed by atoms with Crippen LogP contribution in [0.5, 0.6) is 5.75 Å². The maximum Gasteiger partial charge on any atom is 0.248 e. The molecule has 3 rings (SSSR count). The lowest BCUT2D eigenvalue weighted by atomic mass is 10.2. The van der Waals surface area contributed by atoms with Crippen LogP contribution in [-0.2, 0) is 11.4 Å². The van der Waals surface area contributed by atoms with E-state index in [1.54, 1.807) is 24.3 Å². The molecule has 0 saturated heterocycles. The second-order valence-electron chi connectivity index (χ2n) is 5.91. The minimum absolute atomic E-state index is 0.272. The van der Waals surface area contributed by atoms with E-state index in [0.29, 0.717) is 23.0 Å². The van der Waals surface area contributed by atoms with Crippen molar-refractivity contribution in [3.63, 3.8) is 0 Å². The third-order valence-electron chi connectivity index (χ3n) is 3.81. The Labute approximate surface area is 163 Å². The van der Waals surface area contributed by atoms with E-state index in [0.717, 1.165) is 16.9 Å². The number of ether oxygens (including phenoxy) is 1. The number of nitrogen functional groups attached to an aromatic ring is 1. The monoisotopic (exact) mass is 378 g/mol. The van der Waals surface area contributed by atoms with Crippen LogP contribution in [0, 0.1) is 0 Å². The first-order valence-electron chi connectivity index (χ1n) is 8.41. The molecule has 3 aromatic carbocycles. The van der Waals surface area contributed by atoms with Crippen molar-refractivity contribution in [3.8, 4) is 5.75 Å². The van der Waals surface area contributed by atoms with Gasteiger partial charge in [-0.3, -0.25) is 4.79 Å². The fraction of sp³-hybridized carbons (Fsp3) is 0.0455. The third kappa shape index (κ3) is 5.62. The Morgan fingerprint density at radius 2 is 1.78 bits per heavy atom. The first-order valence-corrected chi connectivity index (χ1v) is 8.79. The Bertz CT molecular complexity index is 938. The maximum absolute atomic E-state index is 12.0. The largest absolute Gasteiger partial charge is 0.489 e. The quantitative estimate of drug-likeness (QED) is 0.460. The minimum Gasteiger partial charge on any atom is -0.489 e. The zero-order chi connectivity index (χ0) is 19.1. The van der Waals surface area contributed by atoms with Crippen LogP contribution in [0.3, 0.4) is 0 Å². The van der Waals surface area contributed by atoms with Gasteiger partial charge in [0.1, 0.15) is 12.4 Å². The minimum atomic E-state index is -0.272. The van der Waals surface area contributed by atoms with Gasteiger partial charge in [0.25, 0.3) is 0 Å². The molecular weight excluding hydrogens is 360 g/mol. The third-order valence-corrected chi connectivity index (χ3v) is 4.12. The van der Waals surface area contributed by atoms with Gasteiger partial charge in [-0.25, -0.2) is 0 Å². The first kappa shape index (κ1) is 18.5. The first-order chi connectivity index (χ1) is 13.1. The fourth-order valence-corrected chi connectivity index (χ4v) is 2.63. The number of hydrogen-bond donors (Lipinski definition) is 2. The molecule has 0 bridgehead atoms. The van der Waals surface area contributed by atoms with Crippen molar-refractivity contribution in [2.75, 3.05) is 11.1 Å². The molecule has 0 aliphatic rings. The molecule has 4 nitrogen and oxygen atoms in total. The van der Waals surface area contributed by atoms with Crippen LogP contribution in [0.1, 0.15) is 11.1 Å². The van der Waals surface area contributed by atoms with E-state index in [1.807, 2.05) is 54.6 Å². The van der Waals surface area contributed by atoms with Crippen LogP contribution >= 0.6 is 11.6 Å². The van der Waals surface area contributed by atoms with Crippen molar-refractivity contribution in [1.29, 1.82) is 0 Å². The van der Waals surface area contributed by atoms with E-state index in [4.69, 9.17) is 22.1 Å². The molecule has 3 aromatic rings. The summed E-state index contributed by atoms with van der Waals surface area (Å²) in [6.07, 6.45) is 3.17. The molecule has 0 heterocycles. The number of benzene rings is 3. The highest BCUT2D eigenvalue weighted by Crippen LogP contribution is 2.24. The predicted molar refractivity (Wildman–Crippen MR) is 111 cm³/mol. The van der Waals surface area contributed by atoms with Crippen LogP contribution in [0.25, 0.3) is 6.08 Å². The fourth-order valence-electron chi connectivity index (χ4n) is 2.40. The second-order valence-corrected chi connectivity index (χ2v) is 6.31. The van der Waals surface area contributed by atoms with Crippen molar-refractivity contribution in [2.24, 2.45) is 0 Å². The highest BCUT2D eigenvalue weighted by Gasteiger charge is 2.03. The Morgan fingerprint density at radius 3 is 2.48 bits per heavy atom. The van der Waals surface area contributed by atoms with Crippen LogP contribution in [0.2, 0.25) is 5.02 Å². The normalized spacial score (nSPS) is 10.7. The predicted octanol–water partition coefficient (Wildman–Crippen LogP) is 5.15. The van der Waals surface area contributed by atoms with Gasteiger partial charge in [-0.1, -0.05) is 54.1 Å². The van der Waals surface area contributed by atoms with Gasteiger partial charge >= 0.3 is 0 Å². The average Bonchev–Trinajstić information content (AvgIpc) is 2.68. The molecule has 0 fully saturated rings. The number of carbonyl (C=O) groups excluding carboxylic acids is 1. The van der Waals surface area contributed by atoms with Crippen LogP contribution in [-0.4, -0.2) is 5.91 Å². The summed E-state index contributed by atoms with van der Waals surface area (Å²) in [5.41, 5.74) is 8.70. The number of nitrogens with one attached hydrogen (secondary N) is 1. The molecule has 0 saturated carbocycles. The summed E-state index contributed by atoms with van der Waals surface area (Å²) >= 11 is 6.05. The van der Waals surface area contributed by atoms with E-state index in [9.17, 15) is 4.79 Å². The molecule has 0 aromatic heterocycles. The van der Waals surface area contributed by atoms with E-state index in [1.165, 1.54) is 6.08 Å². The molecule has 0 aliphatic carbocycles. The smallest absolute Gasteiger partial charge is 0.248 e. The van der Waals surface area contributed by atoms with E-state index >= 15 is 0 Å². The number of hydrogen-bond acceptors (Lipinski definition) is 3. The summed E-state index contributed by atoms with van der Waals surface area (Å²) in [7, 11) is 0. The summed E-state index contributed by atoms with van der Waals surface area (Å²) in [5, 5.41) is 3.12. The highest BCUT2D eigenvalue weighted by atomic mass is 35.5. The number of rotatable bonds is 6. The van der Waals surface area contributed by atoms with Crippen LogP contribution in [0.4, 0.5) is 11.4 Å². The van der Waals surface area contributed by atoms with Crippen molar-refractivity contribution >= 4 is 35.0 Å². The topological polar surface area (TPSA) is 64.3 Å². The molecule has 5 heteroatoms. The average molecular weight is 379 g/mol. The van der Waals surface area contributed by atoms with Crippen molar-refractivity contribution in [1.82, 2.24) is 0 Å². The zero-order valence-corrected chi connectivity index (χ0v) is 15.3. The summed E-state index contributed by atoms with van der Waals surface area (Å²) in [5.74, 6) is 0.500. The maximum atomic E-state index is 12.0. The molecular formula is C22H19ClN2O2. The molecule has 3 N–H and O–H groups in total. The van der Waals surface area contributed by atoms with Crippen LogP contribution in [0.15, 0.2) is 78.9 Å². The van der Waals surface area contributed by atoms with Crippen molar-refractivity contribution in [3.05, 3.63) is 95.0 Å². The van der Waals surface area contributed by atoms with Gasteiger partial charge in [0.2, 0.25) is 5.91 Å². The van der Waals surface area contributed by atoms with Crippen molar-refractivity contribution in [2.45, 2.75) is 6.61 Å². The van der Waals surface area contributed by atoms with Crippen molar-refractivity contribution < 1.29 is 9.53 Å². The van der Waals surface area contributed by atoms with E-state index < -0.39 is 0 Å². The number of carbonyl (C=O) groups is 1. The Balaban J connectivity index is 1.54. The molecule has 0 atom stereocenters. The summed E-state index contributed by atoms with van der Waals surface area (Å²) in [4.78, 5) is 12.0. The number of anilines is 2. The summed E-state index contributed by atoms with van der Waals surface area (Å²) in [6.45, 7) is 0.515. The Hall–Kier alpha value is -3.24. The Morgan fingerprint density at radius 1 is 1.04 bits per heavy atom. The number of amides is 1. The lowest BCUT2D eigenvalue weighted by molar-refractivity contribution is -0.111. The molecule has 0 aliphatic heterocycles. The van der Waals surface area contributed by atoms with Gasteiger partial charge in [0.05, 0.1) is 10.7 Å². The molecule has 0 radical (unpaired) electrons. The van der Waals surface area contributed by atoms with Crippen LogP contribution < -0.4 is 15.8 Å². The van der Waals surface area contributed by atoms with E-state index in [-0.39, 0.29) is 5.91 Å². The highest BCUT2D eigenvalue weighted by molar-refractivity contribution is 6.34. The van der Waals surface area contributed by atoms with Gasteiger partial charge in [-0.05, 0) is 47.5 Å². The summed E-state index contributed by atoms with van der Waals surface area (Å²) in [6, 6.07) is 22.4. The molecule has 136 valence electrons. The van der Waals surface area contributed by atoms with Gasteiger partial charge in [-0.2, -0.15) is 0 Å². The molecule has 1 amide bonds. The lowest BCUT2D eigenvalue weighted by Gasteiger charge is -2.07. The van der Waals surface area contributed by atoms with Gasteiger partial charge in [-0.15, -0.1) is 0 Å². The SMILES string of the molecule is Nc1ccc(NC(=O)/C=C/c2ccc(OCc3ccccc3)cc2)c(Cl)c1. The van der Waals surface area contributed by atoms with E-state index in [2.05, 4.69) is 5.32 Å². The zero-order valence-electron chi connectivity index (χ0n) is 14.6. The Kier molecular flexibility index (Phi) is 6.13. The molecule has 0 spiro atoms. The van der Waals surface area contributed by atoms with Gasteiger partial charge < -0.3 is 15.8 Å². The second kappa shape index (κ2) is 8.92.